The van der Waals surface area contributed by atoms with Gasteiger partial charge in [0.25, 0.3) is 0 Å². The average Bonchev–Trinajstić information content (AvgIpc) is 3.12. The molecule has 4 rings (SSSR count). The minimum atomic E-state index is -0.610. The van der Waals surface area contributed by atoms with E-state index in [2.05, 4.69) is 16.7 Å². The smallest absolute Gasteiger partial charge is 0.408 e. The van der Waals surface area contributed by atoms with Crippen LogP contribution in [-0.2, 0) is 23.0 Å². The summed E-state index contributed by atoms with van der Waals surface area (Å²) < 4.78 is 12.2. The molecule has 0 saturated carbocycles. The normalized spacial score (nSPS) is 19.7. The van der Waals surface area contributed by atoms with Gasteiger partial charge >= 0.3 is 5.76 Å². The minimum absolute atomic E-state index is 0.0645. The molecule has 2 aromatic carbocycles. The van der Waals surface area contributed by atoms with E-state index in [1.165, 1.54) is 4.57 Å². The Morgan fingerprint density at radius 3 is 2.79 bits per heavy atom. The second-order valence-electron chi connectivity index (χ2n) is 8.84. The molecule has 3 aromatic rings. The third-order valence-corrected chi connectivity index (χ3v) is 6.51. The van der Waals surface area contributed by atoms with Gasteiger partial charge in [0.05, 0.1) is 23.6 Å². The van der Waals surface area contributed by atoms with Crippen molar-refractivity contribution in [3.8, 4) is 17.2 Å². The number of aromatic nitrogens is 1. The van der Waals surface area contributed by atoms with Crippen molar-refractivity contribution in [2.75, 3.05) is 20.2 Å². The summed E-state index contributed by atoms with van der Waals surface area (Å²) in [7, 11) is 3.37. The van der Waals surface area contributed by atoms with Gasteiger partial charge in [0, 0.05) is 27.1 Å². The lowest BCUT2D eigenvalue weighted by atomic mass is 9.95. The summed E-state index contributed by atoms with van der Waals surface area (Å²) in [6.07, 6.45) is 3.08. The fourth-order valence-electron chi connectivity index (χ4n) is 4.46. The molecule has 1 aliphatic heterocycles. The van der Waals surface area contributed by atoms with Crippen LogP contribution in [0.1, 0.15) is 24.8 Å². The Balaban J connectivity index is 1.41. The number of amides is 1. The molecule has 0 spiro atoms. The predicted octanol–water partition coefficient (Wildman–Crippen LogP) is 2.75. The van der Waals surface area contributed by atoms with Gasteiger partial charge in [0.2, 0.25) is 5.91 Å². The SMILES string of the molecule is COC1CCCNCC(C(=O)NC(C#N)Cc2ccc(-c3ccc4oc(=O)n(C)c4c3)cc2)C1. The third-order valence-electron chi connectivity index (χ3n) is 6.51. The van der Waals surface area contributed by atoms with Gasteiger partial charge in [0.1, 0.15) is 6.04 Å². The molecule has 1 aliphatic rings. The van der Waals surface area contributed by atoms with Crippen molar-refractivity contribution in [3.63, 3.8) is 0 Å². The van der Waals surface area contributed by atoms with E-state index in [9.17, 15) is 14.9 Å². The highest BCUT2D eigenvalue weighted by molar-refractivity contribution is 5.81. The number of hydrogen-bond acceptors (Lipinski definition) is 6. The topological polar surface area (TPSA) is 109 Å². The maximum atomic E-state index is 12.9. The number of ether oxygens (including phenoxy) is 1. The quantitative estimate of drug-likeness (QED) is 0.583. The minimum Gasteiger partial charge on any atom is -0.408 e. The number of hydrogen-bond donors (Lipinski definition) is 2. The molecule has 3 unspecified atom stereocenters. The van der Waals surface area contributed by atoms with Crippen molar-refractivity contribution >= 4 is 17.0 Å². The first-order valence-electron chi connectivity index (χ1n) is 11.6. The maximum absolute atomic E-state index is 12.9. The molecule has 8 nitrogen and oxygen atoms in total. The van der Waals surface area contributed by atoms with E-state index in [1.54, 1.807) is 20.2 Å². The Hall–Kier alpha value is -3.41. The molecular weight excluding hydrogens is 432 g/mol. The van der Waals surface area contributed by atoms with Gasteiger partial charge in [-0.15, -0.1) is 0 Å². The zero-order chi connectivity index (χ0) is 24.1. The van der Waals surface area contributed by atoms with Crippen LogP contribution in [0.25, 0.3) is 22.2 Å². The number of nitriles is 1. The van der Waals surface area contributed by atoms with Crippen LogP contribution >= 0.6 is 0 Å². The summed E-state index contributed by atoms with van der Waals surface area (Å²) in [4.78, 5) is 24.6. The first kappa shape index (κ1) is 23.7. The number of oxazole rings is 1. The summed E-state index contributed by atoms with van der Waals surface area (Å²) in [6, 6.07) is 15.1. The van der Waals surface area contributed by atoms with Gasteiger partial charge in [-0.1, -0.05) is 30.3 Å². The number of carbonyl (C=O) groups is 1. The van der Waals surface area contributed by atoms with E-state index in [1.807, 2.05) is 36.4 Å². The lowest BCUT2D eigenvalue weighted by molar-refractivity contribution is -0.126. The van der Waals surface area contributed by atoms with Gasteiger partial charge in [-0.05, 0) is 54.6 Å². The number of rotatable bonds is 6. The molecule has 3 atom stereocenters. The molecule has 1 saturated heterocycles. The summed E-state index contributed by atoms with van der Waals surface area (Å²) in [5.74, 6) is -0.726. The van der Waals surface area contributed by atoms with Gasteiger partial charge in [-0.3, -0.25) is 9.36 Å². The van der Waals surface area contributed by atoms with E-state index >= 15 is 0 Å². The molecule has 0 bridgehead atoms. The molecule has 1 aromatic heterocycles. The summed E-state index contributed by atoms with van der Waals surface area (Å²) in [6.45, 7) is 1.45. The summed E-state index contributed by atoms with van der Waals surface area (Å²) in [5.41, 5.74) is 4.20. The monoisotopic (exact) mass is 462 g/mol. The van der Waals surface area contributed by atoms with E-state index in [4.69, 9.17) is 9.15 Å². The van der Waals surface area contributed by atoms with Crippen LogP contribution in [0.15, 0.2) is 51.7 Å². The van der Waals surface area contributed by atoms with E-state index in [0.29, 0.717) is 25.0 Å². The van der Waals surface area contributed by atoms with Crippen molar-refractivity contribution in [1.82, 2.24) is 15.2 Å². The fourth-order valence-corrected chi connectivity index (χ4v) is 4.46. The van der Waals surface area contributed by atoms with Crippen molar-refractivity contribution in [2.45, 2.75) is 37.8 Å². The lowest BCUT2D eigenvalue weighted by Gasteiger charge is -2.26. The molecule has 1 amide bonds. The Kier molecular flexibility index (Phi) is 7.46. The molecule has 178 valence electrons. The second-order valence-corrected chi connectivity index (χ2v) is 8.84. The van der Waals surface area contributed by atoms with Crippen LogP contribution in [0, 0.1) is 17.2 Å². The van der Waals surface area contributed by atoms with Crippen molar-refractivity contribution in [2.24, 2.45) is 13.0 Å². The molecule has 2 heterocycles. The number of carbonyl (C=O) groups excluding carboxylic acids is 1. The van der Waals surface area contributed by atoms with Crippen LogP contribution in [0.4, 0.5) is 0 Å². The number of nitrogens with zero attached hydrogens (tertiary/aromatic N) is 2. The van der Waals surface area contributed by atoms with E-state index in [-0.39, 0.29) is 23.7 Å². The zero-order valence-corrected chi connectivity index (χ0v) is 19.5. The summed E-state index contributed by atoms with van der Waals surface area (Å²) in [5, 5.41) is 15.9. The lowest BCUT2D eigenvalue weighted by Crippen LogP contribution is -2.44. The van der Waals surface area contributed by atoms with Crippen LogP contribution in [0.3, 0.4) is 0 Å². The maximum Gasteiger partial charge on any atom is 0.419 e. The largest absolute Gasteiger partial charge is 0.419 e. The van der Waals surface area contributed by atoms with Gasteiger partial charge in [-0.25, -0.2) is 4.79 Å². The molecular formula is C26H30N4O4. The number of aryl methyl sites for hydroxylation is 1. The van der Waals surface area contributed by atoms with Crippen molar-refractivity contribution < 1.29 is 13.9 Å². The molecule has 1 fully saturated rings. The molecule has 34 heavy (non-hydrogen) atoms. The highest BCUT2D eigenvalue weighted by Gasteiger charge is 2.26. The Morgan fingerprint density at radius 1 is 1.29 bits per heavy atom. The van der Waals surface area contributed by atoms with Crippen LogP contribution < -0.4 is 16.4 Å². The van der Waals surface area contributed by atoms with Gasteiger partial charge < -0.3 is 19.8 Å². The molecule has 0 aliphatic carbocycles. The number of methoxy groups -OCH3 is 1. The van der Waals surface area contributed by atoms with Crippen LogP contribution in [0.2, 0.25) is 0 Å². The number of nitrogens with one attached hydrogen (secondary N) is 2. The highest BCUT2D eigenvalue weighted by Crippen LogP contribution is 2.24. The van der Waals surface area contributed by atoms with Gasteiger partial charge in [-0.2, -0.15) is 5.26 Å². The molecule has 0 radical (unpaired) electrons. The highest BCUT2D eigenvalue weighted by atomic mass is 16.5. The fraction of sp³-hybridized carbons (Fsp3) is 0.423. The van der Waals surface area contributed by atoms with Gasteiger partial charge in [0.15, 0.2) is 5.58 Å². The Bertz CT molecular complexity index is 1240. The van der Waals surface area contributed by atoms with Crippen LogP contribution in [-0.4, -0.2) is 42.8 Å². The predicted molar refractivity (Wildman–Crippen MR) is 129 cm³/mol. The Labute approximate surface area is 198 Å². The number of benzene rings is 2. The summed E-state index contributed by atoms with van der Waals surface area (Å²) >= 11 is 0. The zero-order valence-electron chi connectivity index (χ0n) is 19.5. The van der Waals surface area contributed by atoms with E-state index < -0.39 is 6.04 Å². The molecule has 2 N–H and O–H groups in total. The Morgan fingerprint density at radius 2 is 2.06 bits per heavy atom. The average molecular weight is 463 g/mol. The third kappa shape index (κ3) is 5.38. The number of fused-ring (bicyclic) bond motifs is 1. The van der Waals surface area contributed by atoms with Crippen molar-refractivity contribution in [3.05, 3.63) is 58.6 Å². The van der Waals surface area contributed by atoms with Crippen molar-refractivity contribution in [1.29, 1.82) is 5.26 Å². The molecule has 8 heteroatoms. The second kappa shape index (κ2) is 10.7. The van der Waals surface area contributed by atoms with E-state index in [0.717, 1.165) is 41.6 Å². The van der Waals surface area contributed by atoms with Crippen LogP contribution in [0.5, 0.6) is 0 Å². The standard InChI is InChI=1S/C26H30N4O4/c1-30-23-14-19(9-10-24(23)34-26(30)32)18-7-5-17(6-8-18)12-21(15-27)29-25(31)20-13-22(33-2)4-3-11-28-16-20/h5-10,14,20-22,28H,3-4,11-13,16H2,1-2H3,(H,29,31). The first-order chi connectivity index (χ1) is 16.5. The first-order valence-corrected chi connectivity index (χ1v) is 11.6.